The van der Waals surface area contributed by atoms with Crippen LogP contribution >= 0.6 is 0 Å². The number of benzene rings is 3. The van der Waals surface area contributed by atoms with E-state index in [9.17, 15) is 4.79 Å². The fourth-order valence-electron chi connectivity index (χ4n) is 5.27. The van der Waals surface area contributed by atoms with Crippen molar-refractivity contribution in [2.45, 2.75) is 26.7 Å². The zero-order valence-corrected chi connectivity index (χ0v) is 26.1. The molecule has 0 radical (unpaired) electrons. The van der Waals surface area contributed by atoms with Crippen LogP contribution in [0.1, 0.15) is 24.0 Å². The molecule has 1 aliphatic rings. The smallest absolute Gasteiger partial charge is 0.418 e. The first-order valence-corrected chi connectivity index (χ1v) is 14.8. The molecule has 1 aromatic heterocycles. The Kier molecular flexibility index (Phi) is 9.99. The summed E-state index contributed by atoms with van der Waals surface area (Å²) in [5.74, 6) is 1.13. The predicted octanol–water partition coefficient (Wildman–Crippen LogP) is 6.99. The Morgan fingerprint density at radius 3 is 2.62 bits per heavy atom. The molecule has 10 nitrogen and oxygen atoms in total. The van der Waals surface area contributed by atoms with E-state index in [4.69, 9.17) is 18.9 Å². The van der Waals surface area contributed by atoms with Crippen molar-refractivity contribution in [2.75, 3.05) is 51.6 Å². The molecule has 236 valence electrons. The SMILES string of the molecule is COc1ccc(NC(=O)Oc2cc(-c3cccc(C)c3C)nc(Nc3ccc(OCC4CCCN(C)C4)c(F)c3)n2)c(OC)c1. The number of hydrogen-bond donors (Lipinski definition) is 2. The fourth-order valence-corrected chi connectivity index (χ4v) is 5.27. The van der Waals surface area contributed by atoms with Crippen molar-refractivity contribution in [3.63, 3.8) is 0 Å². The summed E-state index contributed by atoms with van der Waals surface area (Å²) in [4.78, 5) is 24.3. The Morgan fingerprint density at radius 1 is 1.02 bits per heavy atom. The van der Waals surface area contributed by atoms with Gasteiger partial charge in [0.1, 0.15) is 11.5 Å². The van der Waals surface area contributed by atoms with Crippen molar-refractivity contribution >= 4 is 23.4 Å². The average molecular weight is 616 g/mol. The molecule has 1 unspecified atom stereocenters. The highest BCUT2D eigenvalue weighted by Crippen LogP contribution is 2.31. The van der Waals surface area contributed by atoms with Crippen LogP contribution in [0, 0.1) is 25.6 Å². The number of aryl methyl sites for hydroxylation is 1. The van der Waals surface area contributed by atoms with Crippen molar-refractivity contribution in [3.8, 4) is 34.4 Å². The van der Waals surface area contributed by atoms with Gasteiger partial charge in [0.15, 0.2) is 11.6 Å². The van der Waals surface area contributed by atoms with Gasteiger partial charge in [-0.1, -0.05) is 18.2 Å². The monoisotopic (exact) mass is 615 g/mol. The molecule has 0 bridgehead atoms. The Morgan fingerprint density at radius 2 is 1.87 bits per heavy atom. The summed E-state index contributed by atoms with van der Waals surface area (Å²) in [5.41, 5.74) is 4.25. The van der Waals surface area contributed by atoms with Gasteiger partial charge in [0, 0.05) is 41.9 Å². The van der Waals surface area contributed by atoms with E-state index in [0.29, 0.717) is 41.1 Å². The fraction of sp³-hybridized carbons (Fsp3) is 0.324. The highest BCUT2D eigenvalue weighted by atomic mass is 19.1. The third kappa shape index (κ3) is 7.98. The Bertz CT molecular complexity index is 1670. The standard InChI is InChI=1S/C34H38FN5O5/c1-21-8-6-10-26(22(21)2)29-18-32(45-34(41)38-28-13-12-25(42-4)17-31(28)43-5)39-33(37-29)36-24-11-14-30(27(35)16-24)44-20-23-9-7-15-40(3)19-23/h6,8,10-14,16-18,23H,7,9,15,19-20H2,1-5H3,(H,38,41)(H,36,37,39). The van der Waals surface area contributed by atoms with Crippen LogP contribution in [0.15, 0.2) is 60.7 Å². The van der Waals surface area contributed by atoms with Crippen LogP contribution in [0.2, 0.25) is 0 Å². The van der Waals surface area contributed by atoms with Crippen LogP contribution in [-0.4, -0.2) is 61.9 Å². The summed E-state index contributed by atoms with van der Waals surface area (Å²) in [7, 11) is 5.12. The summed E-state index contributed by atoms with van der Waals surface area (Å²) < 4.78 is 37.1. The van der Waals surface area contributed by atoms with Crippen LogP contribution in [0.5, 0.6) is 23.1 Å². The maximum atomic E-state index is 15.1. The molecule has 3 aromatic carbocycles. The van der Waals surface area contributed by atoms with Crippen molar-refractivity contribution in [1.82, 2.24) is 14.9 Å². The highest BCUT2D eigenvalue weighted by Gasteiger charge is 2.19. The summed E-state index contributed by atoms with van der Waals surface area (Å²) >= 11 is 0. The molecule has 2 N–H and O–H groups in total. The van der Waals surface area contributed by atoms with Crippen LogP contribution in [-0.2, 0) is 0 Å². The number of nitrogens with one attached hydrogen (secondary N) is 2. The van der Waals surface area contributed by atoms with Crippen LogP contribution in [0.3, 0.4) is 0 Å². The molecule has 1 atom stereocenters. The molecule has 1 amide bonds. The van der Waals surface area contributed by atoms with Crippen molar-refractivity contribution in [3.05, 3.63) is 77.6 Å². The first kappa shape index (κ1) is 31.5. The zero-order chi connectivity index (χ0) is 31.9. The lowest BCUT2D eigenvalue weighted by Crippen LogP contribution is -2.34. The Labute approximate surface area is 262 Å². The quantitative estimate of drug-likeness (QED) is 0.195. The number of carbonyl (C=O) groups is 1. The van der Waals surface area contributed by atoms with Gasteiger partial charge in [-0.3, -0.25) is 5.32 Å². The molecule has 1 fully saturated rings. The largest absolute Gasteiger partial charge is 0.497 e. The van der Waals surface area contributed by atoms with Gasteiger partial charge in [0.2, 0.25) is 11.8 Å². The topological polar surface area (TPSA) is 107 Å². The van der Waals surface area contributed by atoms with Crippen molar-refractivity contribution in [1.29, 1.82) is 0 Å². The second-order valence-corrected chi connectivity index (χ2v) is 11.1. The summed E-state index contributed by atoms with van der Waals surface area (Å²) in [6.07, 6.45) is 1.39. The number of halogens is 1. The molecule has 11 heteroatoms. The normalized spacial score (nSPS) is 14.8. The minimum absolute atomic E-state index is 0.00809. The van der Waals surface area contributed by atoms with Gasteiger partial charge in [-0.2, -0.15) is 4.98 Å². The molecular formula is C34H38FN5O5. The Balaban J connectivity index is 1.37. The zero-order valence-electron chi connectivity index (χ0n) is 26.1. The molecular weight excluding hydrogens is 577 g/mol. The molecule has 4 aromatic rings. The molecule has 0 saturated carbocycles. The number of carbonyl (C=O) groups excluding carboxylic acids is 1. The van der Waals surface area contributed by atoms with Gasteiger partial charge < -0.3 is 29.2 Å². The van der Waals surface area contributed by atoms with Gasteiger partial charge in [0.05, 0.1) is 32.2 Å². The first-order valence-electron chi connectivity index (χ1n) is 14.8. The lowest BCUT2D eigenvalue weighted by Gasteiger charge is -2.29. The number of rotatable bonds is 10. The van der Waals surface area contributed by atoms with Crippen LogP contribution in [0.25, 0.3) is 11.3 Å². The second kappa shape index (κ2) is 14.3. The summed E-state index contributed by atoms with van der Waals surface area (Å²) in [6.45, 7) is 6.46. The van der Waals surface area contributed by atoms with Crippen molar-refractivity contribution in [2.24, 2.45) is 5.92 Å². The molecule has 1 saturated heterocycles. The molecule has 5 rings (SSSR count). The van der Waals surface area contributed by atoms with Crippen molar-refractivity contribution < 1.29 is 28.1 Å². The second-order valence-electron chi connectivity index (χ2n) is 11.1. The number of hydrogen-bond acceptors (Lipinski definition) is 9. The van der Waals surface area contributed by atoms with Crippen LogP contribution in [0.4, 0.5) is 26.5 Å². The van der Waals surface area contributed by atoms with Gasteiger partial charge in [-0.15, -0.1) is 0 Å². The molecule has 0 aliphatic carbocycles. The first-order chi connectivity index (χ1) is 21.7. The van der Waals surface area contributed by atoms with Gasteiger partial charge in [-0.05, 0) is 75.7 Å². The maximum Gasteiger partial charge on any atom is 0.418 e. The van der Waals surface area contributed by atoms with Gasteiger partial charge >= 0.3 is 6.09 Å². The molecule has 0 spiro atoms. The van der Waals surface area contributed by atoms with E-state index in [2.05, 4.69) is 32.5 Å². The lowest BCUT2D eigenvalue weighted by molar-refractivity contribution is 0.147. The third-order valence-corrected chi connectivity index (χ3v) is 7.81. The molecule has 2 heterocycles. The minimum Gasteiger partial charge on any atom is -0.497 e. The van der Waals surface area contributed by atoms with E-state index in [-0.39, 0.29) is 17.6 Å². The minimum atomic E-state index is -0.785. The van der Waals surface area contributed by atoms with E-state index >= 15 is 4.39 Å². The van der Waals surface area contributed by atoms with E-state index in [0.717, 1.165) is 42.6 Å². The number of methoxy groups -OCH3 is 2. The van der Waals surface area contributed by atoms with Crippen LogP contribution < -0.4 is 29.6 Å². The van der Waals surface area contributed by atoms with E-state index in [1.54, 1.807) is 36.4 Å². The summed E-state index contributed by atoms with van der Waals surface area (Å²) in [5, 5.41) is 5.72. The lowest BCUT2D eigenvalue weighted by atomic mass is 10.00. The number of nitrogens with zero attached hydrogens (tertiary/aromatic N) is 3. The number of amides is 1. The summed E-state index contributed by atoms with van der Waals surface area (Å²) in [6, 6.07) is 17.0. The van der Waals surface area contributed by atoms with E-state index in [1.165, 1.54) is 20.3 Å². The van der Waals surface area contributed by atoms with Gasteiger partial charge in [0.25, 0.3) is 0 Å². The third-order valence-electron chi connectivity index (χ3n) is 7.81. The number of ether oxygens (including phenoxy) is 4. The maximum absolute atomic E-state index is 15.1. The number of anilines is 3. The number of piperidine rings is 1. The van der Waals surface area contributed by atoms with E-state index < -0.39 is 11.9 Å². The molecule has 45 heavy (non-hydrogen) atoms. The van der Waals surface area contributed by atoms with Gasteiger partial charge in [-0.25, -0.2) is 14.2 Å². The highest BCUT2D eigenvalue weighted by molar-refractivity contribution is 5.88. The molecule has 1 aliphatic heterocycles. The number of aromatic nitrogens is 2. The van der Waals surface area contributed by atoms with E-state index in [1.807, 2.05) is 32.0 Å². The Hall–Kier alpha value is -4.90. The number of likely N-dealkylation sites (tertiary alicyclic amines) is 1. The average Bonchev–Trinajstić information content (AvgIpc) is 3.02. The predicted molar refractivity (Wildman–Crippen MR) is 172 cm³/mol.